The Kier molecular flexibility index (Phi) is 4.29. The van der Waals surface area contributed by atoms with Crippen molar-refractivity contribution in [3.8, 4) is 11.5 Å². The van der Waals surface area contributed by atoms with Crippen LogP contribution in [0.4, 0.5) is 0 Å². The van der Waals surface area contributed by atoms with Gasteiger partial charge in [-0.05, 0) is 55.3 Å². The molecule has 4 heteroatoms. The number of ether oxygens (including phenoxy) is 1. The summed E-state index contributed by atoms with van der Waals surface area (Å²) in [6.45, 7) is 0.789. The number of hydrogen-bond acceptors (Lipinski definition) is 2. The number of rotatable bonds is 5. The number of benzene rings is 2. The van der Waals surface area contributed by atoms with Crippen molar-refractivity contribution in [1.82, 2.24) is 5.32 Å². The van der Waals surface area contributed by atoms with Gasteiger partial charge in [-0.2, -0.15) is 0 Å². The SMILES string of the molecule is Clc1ccc(Oc2ccc(Br)cc2)c(CNC2CC2)c1. The summed E-state index contributed by atoms with van der Waals surface area (Å²) in [5, 5.41) is 4.23. The van der Waals surface area contributed by atoms with E-state index in [1.807, 2.05) is 42.5 Å². The first-order valence-corrected chi connectivity index (χ1v) is 7.83. The van der Waals surface area contributed by atoms with Gasteiger partial charge in [0.05, 0.1) is 0 Å². The molecule has 1 N–H and O–H groups in total. The minimum Gasteiger partial charge on any atom is -0.457 e. The molecule has 1 fully saturated rings. The summed E-state index contributed by atoms with van der Waals surface area (Å²) in [7, 11) is 0. The Morgan fingerprint density at radius 2 is 1.90 bits per heavy atom. The van der Waals surface area contributed by atoms with Crippen molar-refractivity contribution in [3.05, 3.63) is 57.5 Å². The molecule has 1 aliphatic rings. The standard InChI is InChI=1S/C16H15BrClNO/c17-12-1-6-15(7-2-12)20-16-8-3-13(18)9-11(16)10-19-14-4-5-14/h1-3,6-9,14,19H,4-5,10H2. The van der Waals surface area contributed by atoms with Gasteiger partial charge < -0.3 is 10.1 Å². The number of nitrogens with one attached hydrogen (secondary N) is 1. The minimum absolute atomic E-state index is 0.662. The largest absolute Gasteiger partial charge is 0.457 e. The Labute approximate surface area is 132 Å². The van der Waals surface area contributed by atoms with Gasteiger partial charge in [-0.15, -0.1) is 0 Å². The first kappa shape index (κ1) is 13.9. The maximum atomic E-state index is 6.08. The van der Waals surface area contributed by atoms with Crippen LogP contribution in [0.1, 0.15) is 18.4 Å². The third kappa shape index (κ3) is 3.75. The van der Waals surface area contributed by atoms with Gasteiger partial charge in [-0.25, -0.2) is 0 Å². The second-order valence-corrected chi connectivity index (χ2v) is 6.32. The van der Waals surface area contributed by atoms with Gasteiger partial charge in [0.1, 0.15) is 11.5 Å². The first-order chi connectivity index (χ1) is 9.70. The molecular formula is C16H15BrClNO. The average molecular weight is 353 g/mol. The van der Waals surface area contributed by atoms with Crippen LogP contribution in [0, 0.1) is 0 Å². The highest BCUT2D eigenvalue weighted by atomic mass is 79.9. The molecule has 3 rings (SSSR count). The zero-order chi connectivity index (χ0) is 13.9. The fraction of sp³-hybridized carbons (Fsp3) is 0.250. The molecule has 0 unspecified atom stereocenters. The van der Waals surface area contributed by atoms with Crippen LogP contribution in [0.2, 0.25) is 5.02 Å². The van der Waals surface area contributed by atoms with Gasteiger partial charge >= 0.3 is 0 Å². The van der Waals surface area contributed by atoms with Crippen LogP contribution in [0.3, 0.4) is 0 Å². The molecule has 104 valence electrons. The van der Waals surface area contributed by atoms with Crippen molar-refractivity contribution >= 4 is 27.5 Å². The molecule has 0 aromatic heterocycles. The monoisotopic (exact) mass is 351 g/mol. The van der Waals surface area contributed by atoms with Crippen molar-refractivity contribution in [3.63, 3.8) is 0 Å². The molecule has 0 bridgehead atoms. The van der Waals surface area contributed by atoms with Crippen LogP contribution in [-0.2, 0) is 6.54 Å². The van der Waals surface area contributed by atoms with Crippen LogP contribution >= 0.6 is 27.5 Å². The fourth-order valence-corrected chi connectivity index (χ4v) is 2.42. The smallest absolute Gasteiger partial charge is 0.132 e. The molecule has 0 amide bonds. The van der Waals surface area contributed by atoms with Crippen molar-refractivity contribution in [2.75, 3.05) is 0 Å². The number of hydrogen-bond donors (Lipinski definition) is 1. The maximum Gasteiger partial charge on any atom is 0.132 e. The lowest BCUT2D eigenvalue weighted by Crippen LogP contribution is -2.15. The third-order valence-electron chi connectivity index (χ3n) is 3.22. The van der Waals surface area contributed by atoms with E-state index < -0.39 is 0 Å². The first-order valence-electron chi connectivity index (χ1n) is 6.66. The van der Waals surface area contributed by atoms with Crippen LogP contribution in [0.25, 0.3) is 0 Å². The maximum absolute atomic E-state index is 6.08. The van der Waals surface area contributed by atoms with Gasteiger partial charge in [-0.3, -0.25) is 0 Å². The van der Waals surface area contributed by atoms with Gasteiger partial charge in [0.15, 0.2) is 0 Å². The second-order valence-electron chi connectivity index (χ2n) is 4.96. The van der Waals surface area contributed by atoms with E-state index >= 15 is 0 Å². The molecule has 2 aromatic carbocycles. The summed E-state index contributed by atoms with van der Waals surface area (Å²) in [6, 6.07) is 14.2. The molecule has 0 aliphatic heterocycles. The predicted octanol–water partition coefficient (Wildman–Crippen LogP) is 5.15. The summed E-state index contributed by atoms with van der Waals surface area (Å²) in [6.07, 6.45) is 2.53. The molecule has 0 radical (unpaired) electrons. The van der Waals surface area contributed by atoms with Crippen LogP contribution < -0.4 is 10.1 Å². The van der Waals surface area contributed by atoms with Gasteiger partial charge in [0.25, 0.3) is 0 Å². The fourth-order valence-electron chi connectivity index (χ4n) is 1.96. The highest BCUT2D eigenvalue weighted by Crippen LogP contribution is 2.29. The van der Waals surface area contributed by atoms with Crippen molar-refractivity contribution in [2.45, 2.75) is 25.4 Å². The van der Waals surface area contributed by atoms with Crippen LogP contribution in [-0.4, -0.2) is 6.04 Å². The lowest BCUT2D eigenvalue weighted by atomic mass is 10.2. The Balaban J connectivity index is 1.77. The molecule has 0 atom stereocenters. The summed E-state index contributed by atoms with van der Waals surface area (Å²) in [5.74, 6) is 1.67. The molecule has 0 saturated heterocycles. The zero-order valence-corrected chi connectivity index (χ0v) is 13.2. The van der Waals surface area contributed by atoms with Crippen molar-refractivity contribution in [1.29, 1.82) is 0 Å². The molecule has 20 heavy (non-hydrogen) atoms. The Morgan fingerprint density at radius 1 is 1.15 bits per heavy atom. The highest BCUT2D eigenvalue weighted by Gasteiger charge is 2.20. The molecule has 2 nitrogen and oxygen atoms in total. The second kappa shape index (κ2) is 6.17. The van der Waals surface area contributed by atoms with E-state index in [0.29, 0.717) is 6.04 Å². The highest BCUT2D eigenvalue weighted by molar-refractivity contribution is 9.10. The molecular weight excluding hydrogens is 338 g/mol. The van der Waals surface area contributed by atoms with E-state index in [-0.39, 0.29) is 0 Å². The van der Waals surface area contributed by atoms with E-state index in [0.717, 1.165) is 33.1 Å². The Hall–Kier alpha value is -1.03. The normalized spacial score (nSPS) is 14.3. The summed E-state index contributed by atoms with van der Waals surface area (Å²) in [4.78, 5) is 0. The zero-order valence-electron chi connectivity index (χ0n) is 10.9. The van der Waals surface area contributed by atoms with E-state index in [1.165, 1.54) is 12.8 Å². The third-order valence-corrected chi connectivity index (χ3v) is 3.99. The van der Waals surface area contributed by atoms with Gasteiger partial charge in [-0.1, -0.05) is 27.5 Å². The Bertz CT molecular complexity index is 596. The molecule has 1 aliphatic carbocycles. The molecule has 0 heterocycles. The minimum atomic E-state index is 0.662. The van der Waals surface area contributed by atoms with Gasteiger partial charge in [0.2, 0.25) is 0 Å². The van der Waals surface area contributed by atoms with Gasteiger partial charge in [0, 0.05) is 27.6 Å². The van der Waals surface area contributed by atoms with E-state index in [9.17, 15) is 0 Å². The lowest BCUT2D eigenvalue weighted by molar-refractivity contribution is 0.472. The Morgan fingerprint density at radius 3 is 2.60 bits per heavy atom. The number of halogens is 2. The van der Waals surface area contributed by atoms with Crippen molar-refractivity contribution < 1.29 is 4.74 Å². The van der Waals surface area contributed by atoms with Crippen molar-refractivity contribution in [2.24, 2.45) is 0 Å². The molecule has 0 spiro atoms. The van der Waals surface area contributed by atoms with E-state index in [4.69, 9.17) is 16.3 Å². The quantitative estimate of drug-likeness (QED) is 0.804. The van der Waals surface area contributed by atoms with Crippen LogP contribution in [0.5, 0.6) is 11.5 Å². The topological polar surface area (TPSA) is 21.3 Å². The average Bonchev–Trinajstić information content (AvgIpc) is 3.25. The summed E-state index contributed by atoms with van der Waals surface area (Å²) in [5.41, 5.74) is 1.09. The van der Waals surface area contributed by atoms with E-state index in [1.54, 1.807) is 0 Å². The summed E-state index contributed by atoms with van der Waals surface area (Å²) < 4.78 is 6.99. The predicted molar refractivity (Wildman–Crippen MR) is 85.5 cm³/mol. The summed E-state index contributed by atoms with van der Waals surface area (Å²) >= 11 is 9.50. The molecule has 1 saturated carbocycles. The molecule has 2 aromatic rings. The lowest BCUT2D eigenvalue weighted by Gasteiger charge is -2.12. The van der Waals surface area contributed by atoms with Crippen LogP contribution in [0.15, 0.2) is 46.9 Å². The van der Waals surface area contributed by atoms with E-state index in [2.05, 4.69) is 21.2 Å².